The summed E-state index contributed by atoms with van der Waals surface area (Å²) in [6.07, 6.45) is 0.640. The Morgan fingerprint density at radius 1 is 1.47 bits per heavy atom. The molecule has 1 unspecified atom stereocenters. The van der Waals surface area contributed by atoms with Crippen LogP contribution in [0.4, 0.5) is 4.39 Å². The number of halogens is 2. The van der Waals surface area contributed by atoms with Gasteiger partial charge < -0.3 is 5.32 Å². The smallest absolute Gasteiger partial charge is 0.124 e. The number of aryl methyl sites for hydroxylation is 1. The second-order valence-electron chi connectivity index (χ2n) is 4.48. The van der Waals surface area contributed by atoms with Crippen LogP contribution in [0.15, 0.2) is 18.2 Å². The molecule has 0 bridgehead atoms. The summed E-state index contributed by atoms with van der Waals surface area (Å²) in [6.45, 7) is 4.12. The van der Waals surface area contributed by atoms with Crippen LogP contribution in [0.5, 0.6) is 0 Å². The first-order chi connectivity index (χ1) is 9.01. The molecule has 1 N–H and O–H groups in total. The molecule has 2 nitrogen and oxygen atoms in total. The summed E-state index contributed by atoms with van der Waals surface area (Å²) in [5.74, 6) is -0.312. The normalized spacial score (nSPS) is 12.7. The van der Waals surface area contributed by atoms with Gasteiger partial charge >= 0.3 is 0 Å². The number of hydrogen-bond acceptors (Lipinski definition) is 3. The number of benzene rings is 1. The predicted octanol–water partition coefficient (Wildman–Crippen LogP) is 4.12. The fraction of sp³-hybridized carbons (Fsp3) is 0.357. The van der Waals surface area contributed by atoms with E-state index in [1.54, 1.807) is 17.4 Å². The van der Waals surface area contributed by atoms with Gasteiger partial charge in [0.1, 0.15) is 5.82 Å². The highest BCUT2D eigenvalue weighted by molar-refractivity contribution is 7.11. The summed E-state index contributed by atoms with van der Waals surface area (Å²) in [5.41, 5.74) is 1.94. The molecule has 0 aliphatic carbocycles. The van der Waals surface area contributed by atoms with E-state index in [9.17, 15) is 4.39 Å². The Bertz CT molecular complexity index is 583. The van der Waals surface area contributed by atoms with Gasteiger partial charge in [0, 0.05) is 22.4 Å². The van der Waals surface area contributed by atoms with Crippen LogP contribution in [-0.4, -0.2) is 12.0 Å². The first-order valence-corrected chi connectivity index (χ1v) is 7.28. The topological polar surface area (TPSA) is 24.9 Å². The van der Waals surface area contributed by atoms with Gasteiger partial charge in [0.2, 0.25) is 0 Å². The average Bonchev–Trinajstić information content (AvgIpc) is 2.73. The summed E-state index contributed by atoms with van der Waals surface area (Å²) >= 11 is 7.71. The maximum Gasteiger partial charge on any atom is 0.124 e. The lowest BCUT2D eigenvalue weighted by molar-refractivity contribution is 0.627. The second-order valence-corrected chi connectivity index (χ2v) is 6.00. The van der Waals surface area contributed by atoms with E-state index in [0.29, 0.717) is 11.4 Å². The molecule has 0 aliphatic rings. The molecular weight excluding hydrogens is 283 g/mol. The van der Waals surface area contributed by atoms with Crippen LogP contribution in [0.1, 0.15) is 34.1 Å². The first kappa shape index (κ1) is 14.4. The minimum absolute atomic E-state index is 0.287. The van der Waals surface area contributed by atoms with Gasteiger partial charge in [0.15, 0.2) is 0 Å². The molecule has 1 aromatic heterocycles. The van der Waals surface area contributed by atoms with Crippen LogP contribution in [0.3, 0.4) is 0 Å². The third-order valence-electron chi connectivity index (χ3n) is 3.06. The summed E-state index contributed by atoms with van der Waals surface area (Å²) in [6, 6.07) is 4.78. The molecule has 19 heavy (non-hydrogen) atoms. The Balaban J connectivity index is 2.24. The van der Waals surface area contributed by atoms with Gasteiger partial charge in [-0.1, -0.05) is 17.7 Å². The second kappa shape index (κ2) is 5.99. The van der Waals surface area contributed by atoms with Crippen LogP contribution < -0.4 is 5.32 Å². The fourth-order valence-electron chi connectivity index (χ4n) is 1.90. The van der Waals surface area contributed by atoms with Gasteiger partial charge in [-0.3, -0.25) is 0 Å². The number of hydrogen-bond donors (Lipinski definition) is 1. The molecule has 0 fully saturated rings. The van der Waals surface area contributed by atoms with Crippen molar-refractivity contribution < 1.29 is 4.39 Å². The molecule has 2 rings (SSSR count). The maximum atomic E-state index is 13.0. The number of aromatic nitrogens is 1. The van der Waals surface area contributed by atoms with E-state index >= 15 is 0 Å². The number of rotatable bonds is 4. The standard InChI is InChI=1S/C14H16ClFN2S/c1-8(17-3)14-9(2)18-13(19-14)6-10-4-5-11(16)7-12(10)15/h4-5,7-8,17H,6H2,1-3H3. The van der Waals surface area contributed by atoms with Crippen molar-refractivity contribution in [3.63, 3.8) is 0 Å². The van der Waals surface area contributed by atoms with E-state index in [1.807, 2.05) is 14.0 Å². The summed E-state index contributed by atoms with van der Waals surface area (Å²) in [5, 5.41) is 4.67. The molecule has 2 aromatic rings. The van der Waals surface area contributed by atoms with Crippen molar-refractivity contribution in [1.82, 2.24) is 10.3 Å². The van der Waals surface area contributed by atoms with E-state index in [1.165, 1.54) is 17.0 Å². The van der Waals surface area contributed by atoms with Crippen molar-refractivity contribution in [1.29, 1.82) is 0 Å². The van der Waals surface area contributed by atoms with Crippen LogP contribution in [0, 0.1) is 12.7 Å². The molecule has 0 saturated heterocycles. The molecule has 102 valence electrons. The van der Waals surface area contributed by atoms with Gasteiger partial charge in [0.25, 0.3) is 0 Å². The van der Waals surface area contributed by atoms with Gasteiger partial charge in [-0.2, -0.15) is 0 Å². The van der Waals surface area contributed by atoms with Crippen LogP contribution in [0.25, 0.3) is 0 Å². The Morgan fingerprint density at radius 3 is 2.84 bits per heavy atom. The Kier molecular flexibility index (Phi) is 4.55. The van der Waals surface area contributed by atoms with E-state index in [-0.39, 0.29) is 11.9 Å². The highest BCUT2D eigenvalue weighted by Gasteiger charge is 2.14. The number of nitrogens with zero attached hydrogens (tertiary/aromatic N) is 1. The van der Waals surface area contributed by atoms with Crippen LogP contribution in [-0.2, 0) is 6.42 Å². The number of nitrogens with one attached hydrogen (secondary N) is 1. The molecule has 0 aliphatic heterocycles. The van der Waals surface area contributed by atoms with E-state index in [4.69, 9.17) is 11.6 Å². The molecule has 1 aromatic carbocycles. The van der Waals surface area contributed by atoms with Crippen LogP contribution in [0.2, 0.25) is 5.02 Å². The van der Waals surface area contributed by atoms with E-state index in [2.05, 4.69) is 17.2 Å². The van der Waals surface area contributed by atoms with Crippen molar-refractivity contribution >= 4 is 22.9 Å². The molecule has 0 saturated carbocycles. The van der Waals surface area contributed by atoms with Crippen molar-refractivity contribution in [2.45, 2.75) is 26.3 Å². The highest BCUT2D eigenvalue weighted by atomic mass is 35.5. The van der Waals surface area contributed by atoms with Crippen molar-refractivity contribution in [3.8, 4) is 0 Å². The van der Waals surface area contributed by atoms with E-state index in [0.717, 1.165) is 16.3 Å². The zero-order valence-corrected chi connectivity index (χ0v) is 12.7. The molecular formula is C14H16ClFN2S. The third kappa shape index (κ3) is 3.32. The van der Waals surface area contributed by atoms with Crippen LogP contribution >= 0.6 is 22.9 Å². The zero-order valence-electron chi connectivity index (χ0n) is 11.1. The average molecular weight is 299 g/mol. The lowest BCUT2D eigenvalue weighted by Crippen LogP contribution is -2.11. The van der Waals surface area contributed by atoms with E-state index < -0.39 is 0 Å². The third-order valence-corrected chi connectivity index (χ3v) is 4.75. The predicted molar refractivity (Wildman–Crippen MR) is 78.5 cm³/mol. The fourth-order valence-corrected chi connectivity index (χ4v) is 3.29. The van der Waals surface area contributed by atoms with Gasteiger partial charge in [-0.05, 0) is 38.6 Å². The number of thiazole rings is 1. The molecule has 0 radical (unpaired) electrons. The largest absolute Gasteiger partial charge is 0.312 e. The zero-order chi connectivity index (χ0) is 14.0. The van der Waals surface area contributed by atoms with Crippen molar-refractivity contribution in [2.24, 2.45) is 0 Å². The molecule has 0 amide bonds. The summed E-state index contributed by atoms with van der Waals surface area (Å²) in [4.78, 5) is 5.80. The molecule has 5 heteroatoms. The summed E-state index contributed by atoms with van der Waals surface area (Å²) < 4.78 is 13.0. The first-order valence-electron chi connectivity index (χ1n) is 6.08. The molecule has 0 spiro atoms. The van der Waals surface area contributed by atoms with Gasteiger partial charge in [0.05, 0.1) is 10.7 Å². The lowest BCUT2D eigenvalue weighted by atomic mass is 10.1. The quantitative estimate of drug-likeness (QED) is 0.918. The maximum absolute atomic E-state index is 13.0. The Labute approximate surface area is 121 Å². The van der Waals surface area contributed by atoms with Crippen molar-refractivity contribution in [2.75, 3.05) is 7.05 Å². The molecule has 1 atom stereocenters. The van der Waals surface area contributed by atoms with Gasteiger partial charge in [-0.25, -0.2) is 9.37 Å². The Morgan fingerprint density at radius 2 is 2.21 bits per heavy atom. The summed E-state index contributed by atoms with van der Waals surface area (Å²) in [7, 11) is 1.93. The SMILES string of the molecule is CNC(C)c1sc(Cc2ccc(F)cc2Cl)nc1C. The monoisotopic (exact) mass is 298 g/mol. The Hall–Kier alpha value is -0.970. The van der Waals surface area contributed by atoms with Gasteiger partial charge in [-0.15, -0.1) is 11.3 Å². The lowest BCUT2D eigenvalue weighted by Gasteiger charge is -2.07. The molecule has 1 heterocycles. The highest BCUT2D eigenvalue weighted by Crippen LogP contribution is 2.28. The minimum Gasteiger partial charge on any atom is -0.312 e. The minimum atomic E-state index is -0.312. The van der Waals surface area contributed by atoms with Crippen molar-refractivity contribution in [3.05, 3.63) is 50.2 Å².